The van der Waals surface area contributed by atoms with Crippen molar-refractivity contribution in [2.45, 2.75) is 39.3 Å². The normalized spacial score (nSPS) is 13.5. The van der Waals surface area contributed by atoms with E-state index in [1.54, 1.807) is 7.11 Å². The van der Waals surface area contributed by atoms with E-state index in [0.29, 0.717) is 19.1 Å². The van der Waals surface area contributed by atoms with Crippen LogP contribution >= 0.6 is 0 Å². The molecule has 1 amide bonds. The Kier molecular flexibility index (Phi) is 5.86. The lowest BCUT2D eigenvalue weighted by molar-refractivity contribution is -0.117. The highest BCUT2D eigenvalue weighted by Gasteiger charge is 2.31. The Balaban J connectivity index is 1.48. The highest BCUT2D eigenvalue weighted by atomic mass is 16.5. The zero-order chi connectivity index (χ0) is 21.1. The molecule has 30 heavy (non-hydrogen) atoms. The number of nitrogens with one attached hydrogen (secondary N) is 1. The van der Waals surface area contributed by atoms with Crippen LogP contribution in [-0.4, -0.2) is 40.3 Å². The molecule has 1 saturated carbocycles. The van der Waals surface area contributed by atoms with E-state index in [4.69, 9.17) is 4.74 Å². The van der Waals surface area contributed by atoms with E-state index in [0.717, 1.165) is 46.9 Å². The fraction of sp³-hybridized carbons (Fsp3) is 0.333. The maximum absolute atomic E-state index is 12.9. The molecule has 6 nitrogen and oxygen atoms in total. The third kappa shape index (κ3) is 4.39. The second-order valence-electron chi connectivity index (χ2n) is 7.79. The van der Waals surface area contributed by atoms with Gasteiger partial charge in [-0.05, 0) is 44.9 Å². The van der Waals surface area contributed by atoms with Crippen molar-refractivity contribution in [2.75, 3.05) is 19.0 Å². The molecule has 2 aromatic carbocycles. The molecule has 156 valence electrons. The summed E-state index contributed by atoms with van der Waals surface area (Å²) >= 11 is 0. The fourth-order valence-corrected chi connectivity index (χ4v) is 3.81. The number of hydrogen-bond donors (Lipinski definition) is 1. The first-order chi connectivity index (χ1) is 14.6. The first kappa shape index (κ1) is 20.2. The highest BCUT2D eigenvalue weighted by molar-refractivity contribution is 5.93. The predicted molar refractivity (Wildman–Crippen MR) is 118 cm³/mol. The van der Waals surface area contributed by atoms with Crippen LogP contribution in [0.3, 0.4) is 0 Å². The largest absolute Gasteiger partial charge is 0.496 e. The van der Waals surface area contributed by atoms with E-state index in [1.165, 1.54) is 0 Å². The van der Waals surface area contributed by atoms with Crippen LogP contribution in [0.15, 0.2) is 54.6 Å². The number of para-hydroxylation sites is 2. The Morgan fingerprint density at radius 1 is 1.13 bits per heavy atom. The quantitative estimate of drug-likeness (QED) is 0.614. The van der Waals surface area contributed by atoms with Crippen LogP contribution in [-0.2, 0) is 11.3 Å². The molecule has 6 heteroatoms. The lowest BCUT2D eigenvalue weighted by atomic mass is 10.2. The maximum Gasteiger partial charge on any atom is 0.238 e. The first-order valence-electron chi connectivity index (χ1n) is 10.3. The van der Waals surface area contributed by atoms with Crippen molar-refractivity contribution >= 4 is 11.6 Å². The Bertz CT molecular complexity index is 1020. The molecule has 0 atom stereocenters. The summed E-state index contributed by atoms with van der Waals surface area (Å²) in [5, 5.41) is 7.72. The minimum Gasteiger partial charge on any atom is -0.496 e. The molecule has 1 N–H and O–H groups in total. The fourth-order valence-electron chi connectivity index (χ4n) is 3.81. The number of carbonyl (C=O) groups is 1. The number of anilines is 1. The average molecular weight is 405 g/mol. The summed E-state index contributed by atoms with van der Waals surface area (Å²) in [5.41, 5.74) is 4.61. The van der Waals surface area contributed by atoms with Crippen LogP contribution < -0.4 is 10.1 Å². The van der Waals surface area contributed by atoms with Crippen LogP contribution in [0, 0.1) is 13.8 Å². The van der Waals surface area contributed by atoms with E-state index < -0.39 is 0 Å². The molecule has 0 unspecified atom stereocenters. The molecule has 0 saturated heterocycles. The van der Waals surface area contributed by atoms with Crippen molar-refractivity contribution in [3.05, 3.63) is 71.5 Å². The number of amides is 1. The molecular formula is C24H28N4O2. The van der Waals surface area contributed by atoms with Crippen molar-refractivity contribution in [2.24, 2.45) is 0 Å². The smallest absolute Gasteiger partial charge is 0.238 e. The standard InChI is InChI=1S/C24H28N4O2/c1-17-24(18(2)28(26-17)21-10-5-4-6-11-21)25-23(29)16-27(20-13-14-20)15-19-9-7-8-12-22(19)30-3/h4-12,20H,13-16H2,1-3H3,(H,25,29). The number of hydrogen-bond acceptors (Lipinski definition) is 4. The van der Waals surface area contributed by atoms with Gasteiger partial charge in [-0.15, -0.1) is 0 Å². The van der Waals surface area contributed by atoms with E-state index in [9.17, 15) is 4.79 Å². The van der Waals surface area contributed by atoms with Crippen LogP contribution in [0.4, 0.5) is 5.69 Å². The second-order valence-corrected chi connectivity index (χ2v) is 7.79. The van der Waals surface area contributed by atoms with Crippen LogP contribution in [0.2, 0.25) is 0 Å². The Hall–Kier alpha value is -3.12. The molecule has 4 rings (SSSR count). The van der Waals surface area contributed by atoms with Gasteiger partial charge in [-0.1, -0.05) is 36.4 Å². The van der Waals surface area contributed by atoms with Crippen LogP contribution in [0.5, 0.6) is 5.75 Å². The monoisotopic (exact) mass is 404 g/mol. The van der Waals surface area contributed by atoms with Gasteiger partial charge in [0.25, 0.3) is 0 Å². The molecular weight excluding hydrogens is 376 g/mol. The van der Waals surface area contributed by atoms with Gasteiger partial charge in [-0.25, -0.2) is 4.68 Å². The molecule has 1 aromatic heterocycles. The summed E-state index contributed by atoms with van der Waals surface area (Å²) in [5.74, 6) is 0.843. The van der Waals surface area contributed by atoms with Gasteiger partial charge in [-0.3, -0.25) is 9.69 Å². The SMILES string of the molecule is COc1ccccc1CN(CC(=O)Nc1c(C)nn(-c2ccccc2)c1C)C1CC1. The predicted octanol–water partition coefficient (Wildman–Crippen LogP) is 4.10. The Labute approximate surface area is 177 Å². The summed E-state index contributed by atoms with van der Waals surface area (Å²) < 4.78 is 7.36. The second kappa shape index (κ2) is 8.71. The summed E-state index contributed by atoms with van der Waals surface area (Å²) in [7, 11) is 1.68. The molecule has 0 aliphatic heterocycles. The van der Waals surface area contributed by atoms with Gasteiger partial charge in [0.2, 0.25) is 5.91 Å². The number of aromatic nitrogens is 2. The highest BCUT2D eigenvalue weighted by Crippen LogP contribution is 2.30. The summed E-state index contributed by atoms with van der Waals surface area (Å²) in [6.07, 6.45) is 2.26. The topological polar surface area (TPSA) is 59.4 Å². The van der Waals surface area contributed by atoms with E-state index >= 15 is 0 Å². The van der Waals surface area contributed by atoms with E-state index in [2.05, 4.69) is 21.4 Å². The van der Waals surface area contributed by atoms with Crippen molar-refractivity contribution in [1.82, 2.24) is 14.7 Å². The number of benzene rings is 2. The number of carbonyl (C=O) groups excluding carboxylic acids is 1. The van der Waals surface area contributed by atoms with Crippen LogP contribution in [0.25, 0.3) is 5.69 Å². The first-order valence-corrected chi connectivity index (χ1v) is 10.3. The molecule has 1 fully saturated rings. The lowest BCUT2D eigenvalue weighted by Gasteiger charge is -2.22. The zero-order valence-electron chi connectivity index (χ0n) is 17.8. The zero-order valence-corrected chi connectivity index (χ0v) is 17.8. The number of methoxy groups -OCH3 is 1. The summed E-state index contributed by atoms with van der Waals surface area (Å²) in [4.78, 5) is 15.2. The maximum atomic E-state index is 12.9. The molecule has 1 aliphatic rings. The van der Waals surface area contributed by atoms with Crippen molar-refractivity contribution in [3.63, 3.8) is 0 Å². The molecule has 3 aromatic rings. The minimum atomic E-state index is -0.0180. The third-order valence-electron chi connectivity index (χ3n) is 5.53. The average Bonchev–Trinajstić information content (AvgIpc) is 3.57. The number of aryl methyl sites for hydroxylation is 1. The number of rotatable bonds is 8. The Morgan fingerprint density at radius 2 is 1.83 bits per heavy atom. The van der Waals surface area contributed by atoms with Gasteiger partial charge >= 0.3 is 0 Å². The molecule has 1 heterocycles. The van der Waals surface area contributed by atoms with E-state index in [-0.39, 0.29) is 5.91 Å². The van der Waals surface area contributed by atoms with Gasteiger partial charge < -0.3 is 10.1 Å². The number of nitrogens with zero attached hydrogens (tertiary/aromatic N) is 3. The van der Waals surface area contributed by atoms with Crippen molar-refractivity contribution < 1.29 is 9.53 Å². The lowest BCUT2D eigenvalue weighted by Crippen LogP contribution is -2.34. The van der Waals surface area contributed by atoms with Gasteiger partial charge in [0.05, 0.1) is 36.4 Å². The van der Waals surface area contributed by atoms with Gasteiger partial charge in [0.15, 0.2) is 0 Å². The molecule has 0 spiro atoms. The van der Waals surface area contributed by atoms with Crippen LogP contribution in [0.1, 0.15) is 29.8 Å². The van der Waals surface area contributed by atoms with Gasteiger partial charge in [-0.2, -0.15) is 5.10 Å². The molecule has 0 radical (unpaired) electrons. The third-order valence-corrected chi connectivity index (χ3v) is 5.53. The number of ether oxygens (including phenoxy) is 1. The van der Waals surface area contributed by atoms with Crippen molar-refractivity contribution in [1.29, 1.82) is 0 Å². The summed E-state index contributed by atoms with van der Waals surface area (Å²) in [6, 6.07) is 18.4. The van der Waals surface area contributed by atoms with Crippen molar-refractivity contribution in [3.8, 4) is 11.4 Å². The van der Waals surface area contributed by atoms with Gasteiger partial charge in [0, 0.05) is 18.2 Å². The summed E-state index contributed by atoms with van der Waals surface area (Å²) in [6.45, 7) is 4.95. The molecule has 1 aliphatic carbocycles. The van der Waals surface area contributed by atoms with E-state index in [1.807, 2.05) is 67.1 Å². The van der Waals surface area contributed by atoms with Gasteiger partial charge in [0.1, 0.15) is 5.75 Å². The minimum absolute atomic E-state index is 0.0180. The molecule has 0 bridgehead atoms. The Morgan fingerprint density at radius 3 is 2.53 bits per heavy atom.